The lowest BCUT2D eigenvalue weighted by Crippen LogP contribution is -2.53. The fraction of sp³-hybridized carbons (Fsp3) is 0.625. The number of hydrogen-bond acceptors (Lipinski definition) is 2. The summed E-state index contributed by atoms with van der Waals surface area (Å²) in [6.45, 7) is 5.24. The van der Waals surface area contributed by atoms with Crippen molar-refractivity contribution in [3.8, 4) is 0 Å². The molecule has 3 rings (SSSR count). The Morgan fingerprint density at radius 3 is 3.05 bits per heavy atom. The van der Waals surface area contributed by atoms with E-state index in [9.17, 15) is 4.39 Å². The summed E-state index contributed by atoms with van der Waals surface area (Å²) < 4.78 is 19.9. The van der Waals surface area contributed by atoms with Crippen LogP contribution in [0.15, 0.2) is 18.2 Å². The van der Waals surface area contributed by atoms with Crippen LogP contribution in [-0.2, 0) is 11.2 Å². The van der Waals surface area contributed by atoms with E-state index in [2.05, 4.69) is 32.0 Å². The third-order valence-electron chi connectivity index (χ3n) is 4.35. The maximum atomic E-state index is 14.1. The highest BCUT2D eigenvalue weighted by Gasteiger charge is 2.41. The normalized spacial score (nSPS) is 30.8. The van der Waals surface area contributed by atoms with Crippen molar-refractivity contribution in [2.75, 3.05) is 13.2 Å². The predicted molar refractivity (Wildman–Crippen MR) is 73.9 cm³/mol. The summed E-state index contributed by atoms with van der Waals surface area (Å²) in [6.07, 6.45) is 2.15. The SMILES string of the molecule is CCCN1C([18F])CO[C@@H]2c3cc(C)ccc3CC[C@H]21. The first-order chi connectivity index (χ1) is 9.20. The molecule has 3 atom stereocenters. The highest BCUT2D eigenvalue weighted by Crippen LogP contribution is 2.40. The van der Waals surface area contributed by atoms with Crippen molar-refractivity contribution in [3.05, 3.63) is 34.9 Å². The van der Waals surface area contributed by atoms with Gasteiger partial charge in [0.25, 0.3) is 0 Å². The van der Waals surface area contributed by atoms with Gasteiger partial charge in [-0.3, -0.25) is 4.90 Å². The second kappa shape index (κ2) is 5.22. The summed E-state index contributed by atoms with van der Waals surface area (Å²) >= 11 is 0. The van der Waals surface area contributed by atoms with Crippen molar-refractivity contribution < 1.29 is 9.13 Å². The van der Waals surface area contributed by atoms with Crippen molar-refractivity contribution >= 4 is 0 Å². The molecule has 0 radical (unpaired) electrons. The van der Waals surface area contributed by atoms with Crippen molar-refractivity contribution in [1.82, 2.24) is 4.90 Å². The van der Waals surface area contributed by atoms with Crippen LogP contribution in [0.2, 0.25) is 0 Å². The summed E-state index contributed by atoms with van der Waals surface area (Å²) in [4.78, 5) is 2.01. The molecule has 1 unspecified atom stereocenters. The van der Waals surface area contributed by atoms with Gasteiger partial charge in [0.05, 0.1) is 12.7 Å². The van der Waals surface area contributed by atoms with Crippen molar-refractivity contribution in [2.24, 2.45) is 0 Å². The molecule has 0 spiro atoms. The average molecular weight is 262 g/mol. The van der Waals surface area contributed by atoms with E-state index in [0.29, 0.717) is 0 Å². The van der Waals surface area contributed by atoms with Gasteiger partial charge in [-0.15, -0.1) is 0 Å². The Morgan fingerprint density at radius 2 is 2.26 bits per heavy atom. The van der Waals surface area contributed by atoms with E-state index in [1.165, 1.54) is 16.7 Å². The number of ether oxygens (including phenoxy) is 1. The molecule has 1 aromatic carbocycles. The van der Waals surface area contributed by atoms with Crippen LogP contribution in [0.4, 0.5) is 4.39 Å². The molecular weight excluding hydrogens is 240 g/mol. The summed E-state index contributed by atoms with van der Waals surface area (Å²) in [5.74, 6) is 0. The number of alkyl halides is 1. The lowest BCUT2D eigenvalue weighted by atomic mass is 9.83. The summed E-state index contributed by atoms with van der Waals surface area (Å²) in [5, 5.41) is 0. The van der Waals surface area contributed by atoms with Gasteiger partial charge in [-0.1, -0.05) is 30.7 Å². The molecule has 1 aliphatic carbocycles. The molecule has 19 heavy (non-hydrogen) atoms. The largest absolute Gasteiger partial charge is 0.367 e. The van der Waals surface area contributed by atoms with Gasteiger partial charge in [0.1, 0.15) is 0 Å². The van der Waals surface area contributed by atoms with Gasteiger partial charge in [0.2, 0.25) is 0 Å². The predicted octanol–water partition coefficient (Wildman–Crippen LogP) is 3.39. The van der Waals surface area contributed by atoms with Gasteiger partial charge in [0, 0.05) is 12.6 Å². The molecular formula is C16H22FNO. The minimum atomic E-state index is -0.937. The number of fused-ring (bicyclic) bond motifs is 3. The van der Waals surface area contributed by atoms with Crippen molar-refractivity contribution in [1.29, 1.82) is 0 Å². The lowest BCUT2D eigenvalue weighted by molar-refractivity contribution is -0.149. The van der Waals surface area contributed by atoms with Crippen molar-refractivity contribution in [3.63, 3.8) is 0 Å². The van der Waals surface area contributed by atoms with E-state index >= 15 is 0 Å². The molecule has 0 bridgehead atoms. The maximum Gasteiger partial charge on any atom is 0.177 e. The smallest absolute Gasteiger partial charge is 0.177 e. The molecule has 1 fully saturated rings. The monoisotopic (exact) mass is 262 g/mol. The zero-order valence-corrected chi connectivity index (χ0v) is 11.7. The molecule has 0 amide bonds. The minimum Gasteiger partial charge on any atom is -0.367 e. The van der Waals surface area contributed by atoms with Gasteiger partial charge in [-0.25, -0.2) is 4.39 Å². The molecule has 3 heteroatoms. The standard InChI is InChI=1S/C16H22FNO/c1-3-8-18-14-7-6-12-5-4-11(2)9-13(12)16(14)19-10-15(18)17/h4-5,9,14-16H,3,6-8,10H2,1-2H3/t14-,15?,16-/m1/s1/i17-1. The van der Waals surface area contributed by atoms with E-state index in [-0.39, 0.29) is 18.8 Å². The first kappa shape index (κ1) is 13.1. The van der Waals surface area contributed by atoms with E-state index in [0.717, 1.165) is 25.8 Å². The number of nitrogens with zero attached hydrogens (tertiary/aromatic N) is 1. The second-order valence-corrected chi connectivity index (χ2v) is 5.73. The van der Waals surface area contributed by atoms with Crippen molar-refractivity contribution in [2.45, 2.75) is 51.6 Å². The van der Waals surface area contributed by atoms with Crippen LogP contribution in [0, 0.1) is 6.92 Å². The van der Waals surface area contributed by atoms with Gasteiger partial charge in [-0.05, 0) is 37.3 Å². The first-order valence-corrected chi connectivity index (χ1v) is 7.31. The van der Waals surface area contributed by atoms with Gasteiger partial charge in [0.15, 0.2) is 6.30 Å². The molecule has 1 aromatic rings. The second-order valence-electron chi connectivity index (χ2n) is 5.73. The lowest BCUT2D eigenvalue weighted by Gasteiger charge is -2.46. The fourth-order valence-electron chi connectivity index (χ4n) is 3.46. The zero-order valence-electron chi connectivity index (χ0n) is 11.7. The highest BCUT2D eigenvalue weighted by atomic mass is 18.2. The number of hydrogen-bond donors (Lipinski definition) is 0. The summed E-state index contributed by atoms with van der Waals surface area (Å²) in [7, 11) is 0. The van der Waals surface area contributed by atoms with Crippen LogP contribution in [-0.4, -0.2) is 30.4 Å². The quantitative estimate of drug-likeness (QED) is 0.758. The van der Waals surface area contributed by atoms with Crippen LogP contribution in [0.3, 0.4) is 0 Å². The number of benzene rings is 1. The first-order valence-electron chi connectivity index (χ1n) is 7.31. The Kier molecular flexibility index (Phi) is 3.59. The van der Waals surface area contributed by atoms with Gasteiger partial charge < -0.3 is 4.74 Å². The molecule has 1 aliphatic heterocycles. The Bertz CT molecular complexity index is 462. The molecule has 1 saturated heterocycles. The number of aryl methyl sites for hydroxylation is 2. The number of morpholine rings is 1. The average Bonchev–Trinajstić information content (AvgIpc) is 2.41. The zero-order chi connectivity index (χ0) is 13.4. The Morgan fingerprint density at radius 1 is 1.42 bits per heavy atom. The topological polar surface area (TPSA) is 12.5 Å². The Balaban J connectivity index is 1.92. The van der Waals surface area contributed by atoms with E-state index in [1.54, 1.807) is 0 Å². The molecule has 2 nitrogen and oxygen atoms in total. The molecule has 1 heterocycles. The molecule has 104 valence electrons. The van der Waals surface area contributed by atoms with Crippen LogP contribution in [0.5, 0.6) is 0 Å². The van der Waals surface area contributed by atoms with E-state index in [1.807, 2.05) is 4.90 Å². The molecule has 0 aromatic heterocycles. The molecule has 0 N–H and O–H groups in total. The van der Waals surface area contributed by atoms with Crippen LogP contribution in [0.1, 0.15) is 42.6 Å². The third-order valence-corrected chi connectivity index (χ3v) is 4.35. The highest BCUT2D eigenvalue weighted by molar-refractivity contribution is 5.36. The molecule has 0 saturated carbocycles. The third kappa shape index (κ3) is 2.30. The van der Waals surface area contributed by atoms with Crippen LogP contribution in [0.25, 0.3) is 0 Å². The van der Waals surface area contributed by atoms with Crippen LogP contribution < -0.4 is 0 Å². The maximum absolute atomic E-state index is 14.1. The summed E-state index contributed by atoms with van der Waals surface area (Å²) in [6, 6.07) is 6.78. The number of halogens is 1. The Labute approximate surface area is 114 Å². The van der Waals surface area contributed by atoms with E-state index < -0.39 is 6.30 Å². The number of rotatable bonds is 2. The van der Waals surface area contributed by atoms with E-state index in [4.69, 9.17) is 4.74 Å². The van der Waals surface area contributed by atoms with Crippen LogP contribution >= 0.6 is 0 Å². The van der Waals surface area contributed by atoms with Gasteiger partial charge >= 0.3 is 0 Å². The Hall–Kier alpha value is -0.930. The fourth-order valence-corrected chi connectivity index (χ4v) is 3.46. The molecule has 2 aliphatic rings. The summed E-state index contributed by atoms with van der Waals surface area (Å²) in [5.41, 5.74) is 3.91. The minimum absolute atomic E-state index is 0.0576. The van der Waals surface area contributed by atoms with Gasteiger partial charge in [-0.2, -0.15) is 0 Å².